The van der Waals surface area contributed by atoms with Crippen molar-refractivity contribution < 1.29 is 18.6 Å². The van der Waals surface area contributed by atoms with E-state index in [2.05, 4.69) is 48.4 Å². The second-order valence-corrected chi connectivity index (χ2v) is 20.4. The number of hydrogen-bond acceptors (Lipinski definition) is 6. The van der Waals surface area contributed by atoms with Gasteiger partial charge in [0.1, 0.15) is 0 Å². The standard InChI is InChI=1S/C31H46N2O6S4/c1-30(2,20-40-16-8-22-24(40)18-26(34)32-28(22)36)10-5-12-42(38)14-7-15-43(39)13-6-11-31(3,4)21-41-17-9-23-25(41)19-27(35)33-29(23)37/h16-19H,5-15,20-21H2,1-4H3,(H2,32,34,36)(H2,33,35,37). The summed E-state index contributed by atoms with van der Waals surface area (Å²) in [5.74, 6) is 4.22. The Morgan fingerprint density at radius 1 is 0.698 bits per heavy atom. The zero-order chi connectivity index (χ0) is 31.4. The first-order valence-corrected chi connectivity index (χ1v) is 20.8. The predicted octanol–water partition coefficient (Wildman–Crippen LogP) is 4.65. The van der Waals surface area contributed by atoms with Crippen LogP contribution in [0.5, 0.6) is 11.8 Å². The lowest BCUT2D eigenvalue weighted by molar-refractivity contribution is 0.383. The molecule has 4 rings (SSSR count). The van der Waals surface area contributed by atoms with Crippen molar-refractivity contribution in [2.45, 2.75) is 82.4 Å². The summed E-state index contributed by atoms with van der Waals surface area (Å²) in [6.07, 6.45) is 5.64. The number of fused-ring (bicyclic) bond motifs is 2. The highest BCUT2D eigenvalue weighted by Gasteiger charge is 2.26. The van der Waals surface area contributed by atoms with E-state index in [1.807, 2.05) is 0 Å². The summed E-state index contributed by atoms with van der Waals surface area (Å²) in [6, 6.07) is 3.23. The van der Waals surface area contributed by atoms with Crippen LogP contribution in [0.3, 0.4) is 0 Å². The van der Waals surface area contributed by atoms with Crippen LogP contribution in [0, 0.1) is 10.8 Å². The number of aromatic hydroxyl groups is 2. The maximum Gasteiger partial charge on any atom is 0.251 e. The van der Waals surface area contributed by atoms with Crippen molar-refractivity contribution in [1.29, 1.82) is 0 Å². The number of pyridine rings is 2. The van der Waals surface area contributed by atoms with E-state index in [1.54, 1.807) is 12.1 Å². The summed E-state index contributed by atoms with van der Waals surface area (Å²) in [4.78, 5) is 30.5. The molecule has 0 aromatic carbocycles. The minimum absolute atomic E-state index is 0.0149. The fraction of sp³-hybridized carbons (Fsp3) is 0.613. The number of hydrogen-bond donors (Lipinski definition) is 4. The Kier molecular flexibility index (Phi) is 11.6. The fourth-order valence-electron chi connectivity index (χ4n) is 5.78. The van der Waals surface area contributed by atoms with Crippen molar-refractivity contribution in [3.05, 3.63) is 44.0 Å². The summed E-state index contributed by atoms with van der Waals surface area (Å²) in [6.45, 7) is 8.85. The van der Waals surface area contributed by atoms with Crippen molar-refractivity contribution in [1.82, 2.24) is 9.97 Å². The molecule has 0 saturated carbocycles. The average Bonchev–Trinajstić information content (AvgIpc) is 3.47. The van der Waals surface area contributed by atoms with Gasteiger partial charge in [-0.2, -0.15) is 21.0 Å². The molecule has 4 N–H and O–H groups in total. The van der Waals surface area contributed by atoms with Crippen LogP contribution in [0.25, 0.3) is 0 Å². The van der Waals surface area contributed by atoms with Gasteiger partial charge in [0.25, 0.3) is 11.1 Å². The molecule has 0 saturated heterocycles. The molecule has 12 heteroatoms. The Bertz CT molecular complexity index is 1460. The molecule has 0 aliphatic carbocycles. The lowest BCUT2D eigenvalue weighted by Gasteiger charge is -2.26. The molecule has 2 aliphatic heterocycles. The fourth-order valence-corrected chi connectivity index (χ4v) is 13.4. The van der Waals surface area contributed by atoms with Crippen LogP contribution < -0.4 is 11.1 Å². The van der Waals surface area contributed by atoms with E-state index >= 15 is 0 Å². The highest BCUT2D eigenvalue weighted by atomic mass is 32.2. The van der Waals surface area contributed by atoms with Gasteiger partial charge in [-0.1, -0.05) is 38.4 Å². The molecule has 0 fully saturated rings. The van der Waals surface area contributed by atoms with Crippen molar-refractivity contribution in [2.75, 3.05) is 34.5 Å². The van der Waals surface area contributed by atoms with Crippen LogP contribution in [0.15, 0.2) is 31.5 Å². The van der Waals surface area contributed by atoms with Crippen molar-refractivity contribution in [3.63, 3.8) is 0 Å². The van der Waals surface area contributed by atoms with Crippen LogP contribution in [-0.4, -0.2) is 73.9 Å². The third kappa shape index (κ3) is 9.61. The van der Waals surface area contributed by atoms with Gasteiger partial charge in [-0.15, -0.1) is 0 Å². The van der Waals surface area contributed by atoms with Crippen LogP contribution in [0.2, 0.25) is 0 Å². The third-order valence-corrected chi connectivity index (χ3v) is 16.2. The average molecular weight is 671 g/mol. The van der Waals surface area contributed by atoms with E-state index < -0.39 is 21.6 Å². The first-order valence-electron chi connectivity index (χ1n) is 14.9. The van der Waals surface area contributed by atoms with Crippen LogP contribution in [0.1, 0.15) is 70.9 Å². The molecule has 4 atom stereocenters. The highest BCUT2D eigenvalue weighted by molar-refractivity contribution is 8.15. The topological polar surface area (TPSA) is 140 Å². The second kappa shape index (κ2) is 14.6. The SMILES string of the molecule is CC(C)(CCCS(=O)CCCS(=O)CCCC(C)(C)CS1=CCc2c1cc(=O)[nH]c2O)CS1=CCc2c1cc(=O)[nH]c2O. The van der Waals surface area contributed by atoms with Crippen molar-refractivity contribution >= 4 is 53.3 Å². The summed E-state index contributed by atoms with van der Waals surface area (Å²) < 4.78 is 25.3. The minimum Gasteiger partial charge on any atom is -0.494 e. The molecule has 2 aromatic rings. The largest absolute Gasteiger partial charge is 0.494 e. The monoisotopic (exact) mass is 670 g/mol. The first-order chi connectivity index (χ1) is 20.2. The summed E-state index contributed by atoms with van der Waals surface area (Å²) in [7, 11) is -2.20. The quantitative estimate of drug-likeness (QED) is 0.192. The van der Waals surface area contributed by atoms with E-state index in [9.17, 15) is 28.2 Å². The number of rotatable bonds is 16. The summed E-state index contributed by atoms with van der Waals surface area (Å²) >= 11 is 0. The molecule has 2 aromatic heterocycles. The summed E-state index contributed by atoms with van der Waals surface area (Å²) in [5, 5.41) is 24.5. The number of H-pyrrole nitrogens is 2. The van der Waals surface area contributed by atoms with E-state index in [4.69, 9.17) is 0 Å². The first kappa shape index (κ1) is 34.1. The predicted molar refractivity (Wildman–Crippen MR) is 185 cm³/mol. The molecule has 0 bridgehead atoms. The normalized spacial score (nSPS) is 19.3. The Balaban J connectivity index is 1.10. The Morgan fingerprint density at radius 3 is 1.47 bits per heavy atom. The Morgan fingerprint density at radius 2 is 1.07 bits per heavy atom. The minimum atomic E-state index is -0.925. The number of aromatic amines is 2. The van der Waals surface area contributed by atoms with Gasteiger partial charge in [-0.05, 0) is 54.4 Å². The van der Waals surface area contributed by atoms with Crippen molar-refractivity contribution in [2.24, 2.45) is 10.8 Å². The molecule has 0 radical (unpaired) electrons. The van der Waals surface area contributed by atoms with E-state index in [0.717, 1.165) is 58.1 Å². The zero-order valence-corrected chi connectivity index (χ0v) is 28.9. The smallest absolute Gasteiger partial charge is 0.251 e. The third-order valence-electron chi connectivity index (χ3n) is 8.00. The van der Waals surface area contributed by atoms with Crippen LogP contribution in [-0.2, 0) is 34.4 Å². The second-order valence-electron chi connectivity index (χ2n) is 13.1. The zero-order valence-electron chi connectivity index (χ0n) is 25.7. The Labute approximate surface area is 264 Å². The number of aromatic nitrogens is 2. The molecule has 240 valence electrons. The van der Waals surface area contributed by atoms with Gasteiger partial charge >= 0.3 is 0 Å². The van der Waals surface area contributed by atoms with Gasteiger partial charge in [0.2, 0.25) is 0 Å². The molecule has 0 spiro atoms. The van der Waals surface area contributed by atoms with Crippen LogP contribution in [0.4, 0.5) is 0 Å². The van der Waals surface area contributed by atoms with Crippen LogP contribution >= 0.6 is 21.0 Å². The molecular formula is C31H46N2O6S4. The molecule has 43 heavy (non-hydrogen) atoms. The van der Waals surface area contributed by atoms with Gasteiger partial charge in [0.05, 0.1) is 0 Å². The van der Waals surface area contributed by atoms with E-state index in [-0.39, 0.29) is 54.7 Å². The van der Waals surface area contributed by atoms with Crippen molar-refractivity contribution in [3.8, 4) is 11.8 Å². The maximum absolute atomic E-state index is 12.6. The molecule has 8 nitrogen and oxygen atoms in total. The van der Waals surface area contributed by atoms with Gasteiger partial charge < -0.3 is 10.2 Å². The molecule has 4 heterocycles. The van der Waals surface area contributed by atoms with Gasteiger partial charge in [0.15, 0.2) is 11.8 Å². The molecule has 0 amide bonds. The molecule has 4 unspecified atom stereocenters. The molecular weight excluding hydrogens is 625 g/mol. The highest BCUT2D eigenvalue weighted by Crippen LogP contribution is 2.43. The van der Waals surface area contributed by atoms with Gasteiger partial charge in [-0.3, -0.25) is 28.0 Å². The summed E-state index contributed by atoms with van der Waals surface area (Å²) in [5.41, 5.74) is 1.17. The van der Waals surface area contributed by atoms with Gasteiger partial charge in [0, 0.05) is 90.5 Å². The Hall–Kier alpha value is -1.76. The maximum atomic E-state index is 12.6. The van der Waals surface area contributed by atoms with E-state index in [1.165, 1.54) is 0 Å². The molecule has 2 aliphatic rings. The number of nitrogens with one attached hydrogen (secondary N) is 2. The lowest BCUT2D eigenvalue weighted by atomic mass is 9.91. The van der Waals surface area contributed by atoms with E-state index in [0.29, 0.717) is 42.3 Å². The lowest BCUT2D eigenvalue weighted by Crippen LogP contribution is -2.18. The van der Waals surface area contributed by atoms with Gasteiger partial charge in [-0.25, -0.2) is 0 Å².